The normalized spacial score (nSPS) is 10.5. The number of nitrogens with two attached hydrogens (primary N) is 2. The Morgan fingerprint density at radius 3 is 1.03 bits per heavy atom. The average Bonchev–Trinajstić information content (AvgIpc) is 2.95. The van der Waals surface area contributed by atoms with Crippen LogP contribution in [0.4, 0.5) is 11.4 Å². The summed E-state index contributed by atoms with van der Waals surface area (Å²) in [6.45, 7) is 0. The van der Waals surface area contributed by atoms with Crippen molar-refractivity contribution in [3.63, 3.8) is 0 Å². The summed E-state index contributed by atoms with van der Waals surface area (Å²) in [7, 11) is 0. The Morgan fingerprint density at radius 1 is 0.421 bits per heavy atom. The van der Waals surface area contributed by atoms with Crippen LogP contribution in [0.25, 0.3) is 0 Å². The van der Waals surface area contributed by atoms with Crippen molar-refractivity contribution >= 4 is 22.9 Å². The molecule has 0 radical (unpaired) electrons. The second kappa shape index (κ2) is 10.7. The Kier molecular flexibility index (Phi) is 6.87. The fraction of sp³-hybridized carbons (Fsp3) is 0. The largest absolute Gasteiger partial charge is 0.457 e. The fourth-order valence-corrected chi connectivity index (χ4v) is 3.92. The molecule has 0 saturated carbocycles. The summed E-state index contributed by atoms with van der Waals surface area (Å²) in [4.78, 5) is 25.4. The van der Waals surface area contributed by atoms with Crippen molar-refractivity contribution in [2.24, 2.45) is 0 Å². The molecule has 0 heterocycles. The summed E-state index contributed by atoms with van der Waals surface area (Å²) in [5.74, 6) is 2.14. The number of para-hydroxylation sites is 2. The molecule has 4 N–H and O–H groups in total. The van der Waals surface area contributed by atoms with Crippen LogP contribution in [0.5, 0.6) is 23.0 Å². The van der Waals surface area contributed by atoms with Crippen molar-refractivity contribution in [1.29, 1.82) is 0 Å². The molecule has 0 aliphatic rings. The number of nitrogen functional groups attached to an aromatic ring is 2. The van der Waals surface area contributed by atoms with Crippen LogP contribution >= 0.6 is 0 Å². The second-order valence-corrected chi connectivity index (χ2v) is 8.56. The predicted molar refractivity (Wildman–Crippen MR) is 148 cm³/mol. The minimum atomic E-state index is -0.141. The third-order valence-electron chi connectivity index (χ3n) is 5.94. The molecule has 6 heteroatoms. The Bertz CT molecular complexity index is 1470. The monoisotopic (exact) mass is 500 g/mol. The molecule has 186 valence electrons. The summed E-state index contributed by atoms with van der Waals surface area (Å²) in [6.07, 6.45) is 0. The van der Waals surface area contributed by atoms with Gasteiger partial charge in [-0.1, -0.05) is 24.3 Å². The number of benzene rings is 5. The highest BCUT2D eigenvalue weighted by Crippen LogP contribution is 2.28. The van der Waals surface area contributed by atoms with E-state index in [9.17, 15) is 9.59 Å². The molecule has 0 aliphatic heterocycles. The summed E-state index contributed by atoms with van der Waals surface area (Å²) in [5, 5.41) is 0. The van der Waals surface area contributed by atoms with Gasteiger partial charge in [0.05, 0.1) is 0 Å². The highest BCUT2D eigenvalue weighted by molar-refractivity contribution is 6.12. The Hall–Kier alpha value is -5.36. The first kappa shape index (κ1) is 24.3. The summed E-state index contributed by atoms with van der Waals surface area (Å²) in [5.41, 5.74) is 14.7. The number of ketones is 2. The SMILES string of the molecule is Nc1ccccc1C(=O)c1ccc(Oc2ccc(Oc3ccc(C(=O)c4ccccc4N)cc3)cc2)cc1. The highest BCUT2D eigenvalue weighted by Gasteiger charge is 2.13. The lowest BCUT2D eigenvalue weighted by molar-refractivity contribution is 0.103. The Morgan fingerprint density at radius 2 is 0.711 bits per heavy atom. The number of carbonyl (C=O) groups is 2. The van der Waals surface area contributed by atoms with E-state index >= 15 is 0 Å². The minimum absolute atomic E-state index is 0.141. The van der Waals surface area contributed by atoms with Gasteiger partial charge in [0.1, 0.15) is 23.0 Å². The third kappa shape index (κ3) is 5.39. The summed E-state index contributed by atoms with van der Waals surface area (Å²) in [6, 6.07) is 34.9. The fourth-order valence-electron chi connectivity index (χ4n) is 3.92. The van der Waals surface area contributed by atoms with Crippen LogP contribution in [0.3, 0.4) is 0 Å². The van der Waals surface area contributed by atoms with Gasteiger partial charge in [0.25, 0.3) is 0 Å². The average molecular weight is 501 g/mol. The van der Waals surface area contributed by atoms with Gasteiger partial charge in [0.15, 0.2) is 11.6 Å². The quantitative estimate of drug-likeness (QED) is 0.177. The number of hydrogen-bond donors (Lipinski definition) is 2. The highest BCUT2D eigenvalue weighted by atomic mass is 16.5. The van der Waals surface area contributed by atoms with Crippen LogP contribution in [0.1, 0.15) is 31.8 Å². The number of rotatable bonds is 8. The van der Waals surface area contributed by atoms with Gasteiger partial charge in [-0.3, -0.25) is 9.59 Å². The number of carbonyl (C=O) groups excluding carboxylic acids is 2. The van der Waals surface area contributed by atoms with Crippen molar-refractivity contribution in [2.45, 2.75) is 0 Å². The van der Waals surface area contributed by atoms with E-state index < -0.39 is 0 Å². The predicted octanol–water partition coefficient (Wildman–Crippen LogP) is 6.90. The molecule has 0 bridgehead atoms. The molecular weight excluding hydrogens is 476 g/mol. The molecule has 0 unspecified atom stereocenters. The second-order valence-electron chi connectivity index (χ2n) is 8.56. The standard InChI is InChI=1S/C32H24N2O4/c33-29-7-3-1-5-27(29)31(35)21-9-13-23(14-10-21)37-25-17-19-26(20-18-25)38-24-15-11-22(12-16-24)32(36)28-6-2-4-8-30(28)34/h1-20H,33-34H2. The van der Waals surface area contributed by atoms with Crippen molar-refractivity contribution in [3.8, 4) is 23.0 Å². The van der Waals surface area contributed by atoms with Crippen LogP contribution in [-0.2, 0) is 0 Å². The maximum atomic E-state index is 12.7. The van der Waals surface area contributed by atoms with E-state index in [1.165, 1.54) is 0 Å². The molecule has 0 aliphatic carbocycles. The zero-order valence-electron chi connectivity index (χ0n) is 20.3. The summed E-state index contributed by atoms with van der Waals surface area (Å²) < 4.78 is 11.8. The van der Waals surface area contributed by atoms with Gasteiger partial charge in [0, 0.05) is 33.6 Å². The van der Waals surface area contributed by atoms with E-state index in [1.54, 1.807) is 121 Å². The minimum Gasteiger partial charge on any atom is -0.457 e. The lowest BCUT2D eigenvalue weighted by Gasteiger charge is -2.10. The van der Waals surface area contributed by atoms with Crippen molar-refractivity contribution in [2.75, 3.05) is 11.5 Å². The number of anilines is 2. The topological polar surface area (TPSA) is 105 Å². The molecule has 0 saturated heterocycles. The van der Waals surface area contributed by atoms with E-state index in [0.717, 1.165) is 0 Å². The number of ether oxygens (including phenoxy) is 2. The van der Waals surface area contributed by atoms with E-state index in [4.69, 9.17) is 20.9 Å². The van der Waals surface area contributed by atoms with Crippen LogP contribution in [0, 0.1) is 0 Å². The molecule has 0 aromatic heterocycles. The molecule has 0 amide bonds. The first-order valence-corrected chi connectivity index (χ1v) is 11.9. The van der Waals surface area contributed by atoms with Crippen molar-refractivity contribution in [3.05, 3.63) is 144 Å². The van der Waals surface area contributed by atoms with E-state index in [0.29, 0.717) is 56.6 Å². The third-order valence-corrected chi connectivity index (χ3v) is 5.94. The van der Waals surface area contributed by atoms with Gasteiger partial charge < -0.3 is 20.9 Å². The molecule has 38 heavy (non-hydrogen) atoms. The van der Waals surface area contributed by atoms with Crippen LogP contribution < -0.4 is 20.9 Å². The first-order valence-electron chi connectivity index (χ1n) is 11.9. The molecule has 0 fully saturated rings. The maximum absolute atomic E-state index is 12.7. The van der Waals surface area contributed by atoms with Gasteiger partial charge in [-0.25, -0.2) is 0 Å². The molecular formula is C32H24N2O4. The van der Waals surface area contributed by atoms with Gasteiger partial charge in [0.2, 0.25) is 0 Å². The first-order chi connectivity index (χ1) is 18.5. The van der Waals surface area contributed by atoms with Crippen molar-refractivity contribution in [1.82, 2.24) is 0 Å². The zero-order chi connectivity index (χ0) is 26.5. The zero-order valence-corrected chi connectivity index (χ0v) is 20.3. The molecule has 5 aromatic rings. The smallest absolute Gasteiger partial charge is 0.195 e. The van der Waals surface area contributed by atoms with E-state index in [2.05, 4.69) is 0 Å². The lowest BCUT2D eigenvalue weighted by atomic mass is 10.0. The van der Waals surface area contributed by atoms with Crippen LogP contribution in [0.15, 0.2) is 121 Å². The van der Waals surface area contributed by atoms with Crippen LogP contribution in [0.2, 0.25) is 0 Å². The summed E-state index contributed by atoms with van der Waals surface area (Å²) >= 11 is 0. The van der Waals surface area contributed by atoms with Gasteiger partial charge in [-0.2, -0.15) is 0 Å². The molecule has 5 rings (SSSR count). The molecule has 0 spiro atoms. The molecule has 5 aromatic carbocycles. The van der Waals surface area contributed by atoms with Gasteiger partial charge in [-0.05, 0) is 97.1 Å². The van der Waals surface area contributed by atoms with Gasteiger partial charge in [-0.15, -0.1) is 0 Å². The molecule has 0 atom stereocenters. The van der Waals surface area contributed by atoms with E-state index in [1.807, 2.05) is 0 Å². The van der Waals surface area contributed by atoms with Gasteiger partial charge >= 0.3 is 0 Å². The number of hydrogen-bond acceptors (Lipinski definition) is 6. The Balaban J connectivity index is 1.20. The maximum Gasteiger partial charge on any atom is 0.195 e. The van der Waals surface area contributed by atoms with E-state index in [-0.39, 0.29) is 11.6 Å². The van der Waals surface area contributed by atoms with Crippen molar-refractivity contribution < 1.29 is 19.1 Å². The lowest BCUT2D eigenvalue weighted by Crippen LogP contribution is -2.04. The Labute approximate surface area is 220 Å². The molecule has 6 nitrogen and oxygen atoms in total. The van der Waals surface area contributed by atoms with Crippen LogP contribution in [-0.4, -0.2) is 11.6 Å².